The molecule has 1 amide bonds. The van der Waals surface area contributed by atoms with E-state index in [-0.39, 0.29) is 18.4 Å². The topological polar surface area (TPSA) is 84.9 Å². The average molecular weight is 399 g/mol. The Balaban J connectivity index is 1.94. The number of ether oxygens (including phenoxy) is 2. The van der Waals surface area contributed by atoms with Gasteiger partial charge in [-0.15, -0.1) is 0 Å². The first-order valence-corrected chi connectivity index (χ1v) is 9.61. The third kappa shape index (κ3) is 6.52. The summed E-state index contributed by atoms with van der Waals surface area (Å²) >= 11 is 0. The van der Waals surface area contributed by atoms with Gasteiger partial charge in [-0.2, -0.15) is 0 Å². The zero-order chi connectivity index (χ0) is 21.4. The van der Waals surface area contributed by atoms with Gasteiger partial charge < -0.3 is 19.9 Å². The molecule has 0 aromatic heterocycles. The predicted octanol–water partition coefficient (Wildman–Crippen LogP) is 3.25. The molecular formula is C23H29NO5. The summed E-state index contributed by atoms with van der Waals surface area (Å²) in [7, 11) is 3.14. The van der Waals surface area contributed by atoms with Crippen LogP contribution in [0.5, 0.6) is 11.5 Å². The fraction of sp³-hybridized carbons (Fsp3) is 0.391. The Labute approximate surface area is 171 Å². The summed E-state index contributed by atoms with van der Waals surface area (Å²) in [5, 5.41) is 12.3. The molecule has 2 atom stereocenters. The number of methoxy groups -OCH3 is 2. The van der Waals surface area contributed by atoms with Crippen LogP contribution in [0.2, 0.25) is 0 Å². The van der Waals surface area contributed by atoms with E-state index in [9.17, 15) is 14.7 Å². The van der Waals surface area contributed by atoms with Crippen LogP contribution in [0.15, 0.2) is 42.5 Å². The number of carboxylic acids is 1. The van der Waals surface area contributed by atoms with Gasteiger partial charge in [-0.1, -0.05) is 42.8 Å². The highest BCUT2D eigenvalue weighted by Crippen LogP contribution is 2.28. The Bertz CT molecular complexity index is 849. The Kier molecular flexibility index (Phi) is 8.07. The van der Waals surface area contributed by atoms with E-state index in [0.29, 0.717) is 24.3 Å². The smallest absolute Gasteiger partial charge is 0.308 e. The van der Waals surface area contributed by atoms with Crippen LogP contribution in [-0.2, 0) is 22.4 Å². The number of hydrogen-bond acceptors (Lipinski definition) is 4. The molecule has 0 aliphatic heterocycles. The number of aryl methyl sites for hydroxylation is 1. The minimum absolute atomic E-state index is 0.0956. The number of benzene rings is 2. The summed E-state index contributed by atoms with van der Waals surface area (Å²) in [5.74, 6) is -0.819. The van der Waals surface area contributed by atoms with Crippen molar-refractivity contribution in [1.82, 2.24) is 5.32 Å². The highest BCUT2D eigenvalue weighted by Gasteiger charge is 2.21. The first kappa shape index (κ1) is 22.3. The summed E-state index contributed by atoms with van der Waals surface area (Å²) in [5.41, 5.74) is 2.98. The molecule has 0 saturated carbocycles. The third-order valence-electron chi connectivity index (χ3n) is 4.87. The lowest BCUT2D eigenvalue weighted by atomic mass is 9.97. The zero-order valence-corrected chi connectivity index (χ0v) is 17.4. The number of carboxylic acid groups (broad SMARTS) is 1. The zero-order valence-electron chi connectivity index (χ0n) is 17.4. The quantitative estimate of drug-likeness (QED) is 0.641. The lowest BCUT2D eigenvalue weighted by Crippen LogP contribution is -2.37. The molecule has 2 rings (SSSR count). The molecule has 0 heterocycles. The number of rotatable bonds is 10. The normalized spacial score (nSPS) is 12.7. The molecule has 0 radical (unpaired) electrons. The first-order valence-electron chi connectivity index (χ1n) is 9.61. The molecule has 29 heavy (non-hydrogen) atoms. The average Bonchev–Trinajstić information content (AvgIpc) is 2.70. The molecule has 6 heteroatoms. The molecule has 0 spiro atoms. The van der Waals surface area contributed by atoms with Gasteiger partial charge in [0.25, 0.3) is 0 Å². The Morgan fingerprint density at radius 3 is 2.31 bits per heavy atom. The summed E-state index contributed by atoms with van der Waals surface area (Å²) < 4.78 is 10.5. The fourth-order valence-corrected chi connectivity index (χ4v) is 3.22. The van der Waals surface area contributed by atoms with Crippen molar-refractivity contribution >= 4 is 11.9 Å². The summed E-state index contributed by atoms with van der Waals surface area (Å²) in [4.78, 5) is 24.1. The van der Waals surface area contributed by atoms with E-state index in [4.69, 9.17) is 9.47 Å². The SMILES string of the molecule is COc1ccc(CC(C)C(=O)NCC(Cc2cccc(C)c2)C(=O)O)cc1OC. The number of carbonyl (C=O) groups is 2. The number of amides is 1. The van der Waals surface area contributed by atoms with E-state index in [1.807, 2.05) is 50.2 Å². The van der Waals surface area contributed by atoms with Crippen LogP contribution in [0.1, 0.15) is 23.6 Å². The van der Waals surface area contributed by atoms with Gasteiger partial charge in [0, 0.05) is 12.5 Å². The maximum absolute atomic E-state index is 12.5. The van der Waals surface area contributed by atoms with Crippen LogP contribution in [0.4, 0.5) is 0 Å². The largest absolute Gasteiger partial charge is 0.493 e. The molecule has 0 saturated heterocycles. The maximum atomic E-state index is 12.5. The molecule has 0 aliphatic carbocycles. The van der Waals surface area contributed by atoms with Crippen LogP contribution >= 0.6 is 0 Å². The van der Waals surface area contributed by atoms with Gasteiger partial charge in [-0.3, -0.25) is 9.59 Å². The van der Waals surface area contributed by atoms with Crippen molar-refractivity contribution in [3.63, 3.8) is 0 Å². The maximum Gasteiger partial charge on any atom is 0.308 e. The highest BCUT2D eigenvalue weighted by molar-refractivity contribution is 5.79. The standard InChI is InChI=1S/C23H29NO5/c1-15-6-5-7-17(10-15)12-19(23(26)27)14-24-22(25)16(2)11-18-8-9-20(28-3)21(13-18)29-4/h5-10,13,16,19H,11-12,14H2,1-4H3,(H,24,25)(H,26,27). The highest BCUT2D eigenvalue weighted by atomic mass is 16.5. The Morgan fingerprint density at radius 1 is 1.00 bits per heavy atom. The van der Waals surface area contributed by atoms with Crippen LogP contribution in [0, 0.1) is 18.8 Å². The van der Waals surface area contributed by atoms with E-state index in [0.717, 1.165) is 16.7 Å². The van der Waals surface area contributed by atoms with Crippen LogP contribution < -0.4 is 14.8 Å². The Morgan fingerprint density at radius 2 is 1.69 bits per heavy atom. The van der Waals surface area contributed by atoms with Gasteiger partial charge in [0.15, 0.2) is 11.5 Å². The molecule has 2 unspecified atom stereocenters. The number of aliphatic carboxylic acids is 1. The molecule has 0 bridgehead atoms. The van der Waals surface area contributed by atoms with Crippen molar-refractivity contribution in [3.8, 4) is 11.5 Å². The van der Waals surface area contributed by atoms with Crippen LogP contribution in [0.3, 0.4) is 0 Å². The van der Waals surface area contributed by atoms with Crippen molar-refractivity contribution in [3.05, 3.63) is 59.2 Å². The first-order chi connectivity index (χ1) is 13.8. The van der Waals surface area contributed by atoms with Gasteiger partial charge in [0.1, 0.15) is 0 Å². The number of nitrogens with one attached hydrogen (secondary N) is 1. The van der Waals surface area contributed by atoms with Crippen LogP contribution in [0.25, 0.3) is 0 Å². The van der Waals surface area contributed by atoms with E-state index in [2.05, 4.69) is 5.32 Å². The summed E-state index contributed by atoms with van der Waals surface area (Å²) in [6.07, 6.45) is 0.892. The van der Waals surface area contributed by atoms with Gasteiger partial charge in [0.2, 0.25) is 5.91 Å². The third-order valence-corrected chi connectivity index (χ3v) is 4.87. The predicted molar refractivity (Wildman–Crippen MR) is 111 cm³/mol. The van der Waals surface area contributed by atoms with E-state index >= 15 is 0 Å². The lowest BCUT2D eigenvalue weighted by Gasteiger charge is -2.17. The molecule has 0 fully saturated rings. The lowest BCUT2D eigenvalue weighted by molar-refractivity contribution is -0.141. The van der Waals surface area contributed by atoms with E-state index < -0.39 is 11.9 Å². The molecule has 0 aliphatic rings. The van der Waals surface area contributed by atoms with Crippen molar-refractivity contribution in [2.75, 3.05) is 20.8 Å². The molecule has 2 aromatic rings. The fourth-order valence-electron chi connectivity index (χ4n) is 3.22. The molecule has 2 N–H and O–H groups in total. The second kappa shape index (κ2) is 10.5. The Hall–Kier alpha value is -3.02. The van der Waals surface area contributed by atoms with E-state index in [1.54, 1.807) is 20.3 Å². The van der Waals surface area contributed by atoms with Gasteiger partial charge in [-0.05, 0) is 43.0 Å². The second-order valence-electron chi connectivity index (χ2n) is 7.27. The van der Waals surface area contributed by atoms with Crippen molar-refractivity contribution < 1.29 is 24.2 Å². The van der Waals surface area contributed by atoms with Gasteiger partial charge in [-0.25, -0.2) is 0 Å². The summed E-state index contributed by atoms with van der Waals surface area (Å²) in [6, 6.07) is 13.3. The molecule has 2 aromatic carbocycles. The summed E-state index contributed by atoms with van der Waals surface area (Å²) in [6.45, 7) is 3.89. The molecule has 156 valence electrons. The monoisotopic (exact) mass is 399 g/mol. The van der Waals surface area contributed by atoms with Gasteiger partial charge in [0.05, 0.1) is 20.1 Å². The van der Waals surface area contributed by atoms with Crippen LogP contribution in [-0.4, -0.2) is 37.7 Å². The minimum Gasteiger partial charge on any atom is -0.493 e. The molecular weight excluding hydrogens is 370 g/mol. The van der Waals surface area contributed by atoms with Crippen molar-refractivity contribution in [1.29, 1.82) is 0 Å². The van der Waals surface area contributed by atoms with Crippen molar-refractivity contribution in [2.24, 2.45) is 11.8 Å². The van der Waals surface area contributed by atoms with Crippen molar-refractivity contribution in [2.45, 2.75) is 26.7 Å². The minimum atomic E-state index is -0.917. The number of carbonyl (C=O) groups excluding carboxylic acids is 1. The van der Waals surface area contributed by atoms with E-state index in [1.165, 1.54) is 0 Å². The second-order valence-corrected chi connectivity index (χ2v) is 7.27. The van der Waals surface area contributed by atoms with Gasteiger partial charge >= 0.3 is 5.97 Å². The number of hydrogen-bond donors (Lipinski definition) is 2. The molecule has 6 nitrogen and oxygen atoms in total.